The molecule has 0 bridgehead atoms. The first kappa shape index (κ1) is 20.5. The van der Waals surface area contributed by atoms with E-state index in [0.29, 0.717) is 0 Å². The van der Waals surface area contributed by atoms with Gasteiger partial charge in [-0.25, -0.2) is 4.89 Å². The van der Waals surface area contributed by atoms with Crippen LogP contribution in [0.4, 0.5) is 0 Å². The fourth-order valence-electron chi connectivity index (χ4n) is 3.47. The zero-order valence-electron chi connectivity index (χ0n) is 16.3. The predicted molar refractivity (Wildman–Crippen MR) is 102 cm³/mol. The lowest BCUT2D eigenvalue weighted by atomic mass is 9.75. The molecule has 2 aromatic rings. The van der Waals surface area contributed by atoms with Gasteiger partial charge in [0, 0.05) is 6.42 Å². The molecule has 0 aliphatic carbocycles. The van der Waals surface area contributed by atoms with E-state index in [4.69, 9.17) is 14.5 Å². The highest BCUT2D eigenvalue weighted by molar-refractivity contribution is 5.74. The molecule has 1 fully saturated rings. The summed E-state index contributed by atoms with van der Waals surface area (Å²) in [4.78, 5) is 23.7. The Balaban J connectivity index is 2.12. The number of aryl methyl sites for hydroxylation is 2. The van der Waals surface area contributed by atoms with Crippen LogP contribution in [-0.2, 0) is 24.9 Å². The fraction of sp³-hybridized carbons (Fsp3) is 0.409. The van der Waals surface area contributed by atoms with Gasteiger partial charge in [-0.1, -0.05) is 59.7 Å². The number of hydrogen-bond donors (Lipinski definition) is 2. The van der Waals surface area contributed by atoms with E-state index >= 15 is 0 Å². The minimum atomic E-state index is -2.18. The van der Waals surface area contributed by atoms with Gasteiger partial charge in [0.15, 0.2) is 5.60 Å². The summed E-state index contributed by atoms with van der Waals surface area (Å²) >= 11 is 0. The van der Waals surface area contributed by atoms with Crippen LogP contribution in [0.1, 0.15) is 35.6 Å². The van der Waals surface area contributed by atoms with Gasteiger partial charge in [0.2, 0.25) is 5.79 Å². The van der Waals surface area contributed by atoms with Gasteiger partial charge in [0.1, 0.15) is 12.5 Å². The molecule has 2 unspecified atom stereocenters. The second-order valence-electron chi connectivity index (χ2n) is 7.24. The Labute approximate surface area is 164 Å². The van der Waals surface area contributed by atoms with Gasteiger partial charge < -0.3 is 14.9 Å². The smallest absolute Gasteiger partial charge is 0.314 e. The average molecular weight is 386 g/mol. The summed E-state index contributed by atoms with van der Waals surface area (Å²) in [5, 5.41) is 20.3. The summed E-state index contributed by atoms with van der Waals surface area (Å²) in [5.74, 6) is -3.95. The lowest BCUT2D eigenvalue weighted by Crippen LogP contribution is -2.57. The third-order valence-corrected chi connectivity index (χ3v) is 5.20. The maximum atomic E-state index is 12.6. The van der Waals surface area contributed by atoms with Crippen molar-refractivity contribution in [2.24, 2.45) is 5.92 Å². The minimum absolute atomic E-state index is 0.0506. The van der Waals surface area contributed by atoms with Crippen molar-refractivity contribution in [1.29, 1.82) is 0 Å². The molecule has 2 aromatic carbocycles. The van der Waals surface area contributed by atoms with Crippen LogP contribution in [0.2, 0.25) is 0 Å². The molecule has 3 rings (SSSR count). The Bertz CT molecular complexity index is 768. The highest BCUT2D eigenvalue weighted by atomic mass is 17.2. The van der Waals surface area contributed by atoms with Crippen molar-refractivity contribution in [2.75, 3.05) is 13.2 Å². The molecular weight excluding hydrogens is 360 g/mol. The monoisotopic (exact) mass is 386 g/mol. The number of rotatable bonds is 5. The van der Waals surface area contributed by atoms with Crippen molar-refractivity contribution >= 4 is 5.97 Å². The largest absolute Gasteiger partial charge is 0.466 e. The Hall–Kier alpha value is -2.25. The number of hydrogen-bond acceptors (Lipinski definition) is 6. The minimum Gasteiger partial charge on any atom is -0.466 e. The second-order valence-corrected chi connectivity index (χ2v) is 7.24. The lowest BCUT2D eigenvalue weighted by molar-refractivity contribution is -0.498. The molecule has 1 aliphatic heterocycles. The Morgan fingerprint density at radius 3 is 1.96 bits per heavy atom. The summed E-state index contributed by atoms with van der Waals surface area (Å²) in [6.07, 6.45) is 0.0506. The van der Waals surface area contributed by atoms with E-state index in [0.717, 1.165) is 22.3 Å². The van der Waals surface area contributed by atoms with E-state index in [1.54, 1.807) is 6.92 Å². The van der Waals surface area contributed by atoms with Crippen molar-refractivity contribution in [1.82, 2.24) is 0 Å². The molecule has 0 aromatic heterocycles. The molecule has 0 radical (unpaired) electrons. The van der Waals surface area contributed by atoms with Crippen LogP contribution < -0.4 is 0 Å². The molecule has 1 saturated heterocycles. The van der Waals surface area contributed by atoms with E-state index < -0.39 is 29.9 Å². The molecular formula is C22H26O6. The lowest BCUT2D eigenvalue weighted by Gasteiger charge is -2.45. The first-order valence-corrected chi connectivity index (χ1v) is 9.35. The average Bonchev–Trinajstić information content (AvgIpc) is 2.70. The van der Waals surface area contributed by atoms with Crippen LogP contribution in [0.25, 0.3) is 0 Å². The first-order chi connectivity index (χ1) is 13.3. The zero-order valence-corrected chi connectivity index (χ0v) is 16.3. The third kappa shape index (κ3) is 3.69. The van der Waals surface area contributed by atoms with Gasteiger partial charge in [-0.05, 0) is 31.9 Å². The molecule has 6 nitrogen and oxygen atoms in total. The second kappa shape index (κ2) is 8.01. The van der Waals surface area contributed by atoms with Crippen LogP contribution >= 0.6 is 0 Å². The fourth-order valence-corrected chi connectivity index (χ4v) is 3.47. The van der Waals surface area contributed by atoms with Crippen molar-refractivity contribution in [3.05, 3.63) is 70.8 Å². The van der Waals surface area contributed by atoms with Gasteiger partial charge >= 0.3 is 5.97 Å². The van der Waals surface area contributed by atoms with Gasteiger partial charge in [0.25, 0.3) is 0 Å². The van der Waals surface area contributed by atoms with Crippen molar-refractivity contribution in [2.45, 2.75) is 38.6 Å². The van der Waals surface area contributed by atoms with Crippen LogP contribution in [0.15, 0.2) is 48.5 Å². The maximum Gasteiger partial charge on any atom is 0.314 e. The van der Waals surface area contributed by atoms with Gasteiger partial charge in [0.05, 0.1) is 6.61 Å². The molecule has 6 heteroatoms. The van der Waals surface area contributed by atoms with E-state index in [1.807, 2.05) is 62.4 Å². The molecule has 150 valence electrons. The van der Waals surface area contributed by atoms with Gasteiger partial charge in [-0.15, -0.1) is 0 Å². The number of benzene rings is 2. The van der Waals surface area contributed by atoms with Gasteiger partial charge in [-0.2, -0.15) is 4.89 Å². The van der Waals surface area contributed by atoms with Gasteiger partial charge in [-0.3, -0.25) is 4.79 Å². The molecule has 1 heterocycles. The van der Waals surface area contributed by atoms with Crippen molar-refractivity contribution in [3.63, 3.8) is 0 Å². The molecule has 0 spiro atoms. The SMILES string of the molecule is CCOC(=O)C1CC(c2ccc(C)cc2)(c2ccc(C)cc2)OOC1(O)CO. The van der Waals surface area contributed by atoms with Crippen molar-refractivity contribution < 1.29 is 29.5 Å². The Kier molecular flexibility index (Phi) is 5.86. The summed E-state index contributed by atoms with van der Waals surface area (Å²) in [6.45, 7) is 5.00. The van der Waals surface area contributed by atoms with Crippen LogP contribution in [-0.4, -0.2) is 35.2 Å². The molecule has 2 atom stereocenters. The molecule has 1 aliphatic rings. The Morgan fingerprint density at radius 2 is 1.54 bits per heavy atom. The summed E-state index contributed by atoms with van der Waals surface area (Å²) in [6, 6.07) is 15.4. The van der Waals surface area contributed by atoms with E-state index in [1.165, 1.54) is 0 Å². The Morgan fingerprint density at radius 1 is 1.04 bits per heavy atom. The molecule has 28 heavy (non-hydrogen) atoms. The third-order valence-electron chi connectivity index (χ3n) is 5.20. The van der Waals surface area contributed by atoms with Crippen LogP contribution in [0.5, 0.6) is 0 Å². The number of carbonyl (C=O) groups is 1. The number of esters is 1. The van der Waals surface area contributed by atoms with E-state index in [9.17, 15) is 15.0 Å². The molecule has 0 saturated carbocycles. The zero-order chi connectivity index (χ0) is 20.4. The predicted octanol–water partition coefficient (Wildman–Crippen LogP) is 2.76. The standard InChI is InChI=1S/C22H26O6/c1-4-26-20(24)19-13-21(27-28-22(19,25)14-23,17-9-5-15(2)6-10-17)18-11-7-16(3)8-12-18/h5-12,19,23,25H,4,13-14H2,1-3H3. The number of ether oxygens (including phenoxy) is 1. The summed E-state index contributed by atoms with van der Waals surface area (Å²) in [5.41, 5.74) is 2.56. The summed E-state index contributed by atoms with van der Waals surface area (Å²) < 4.78 is 5.14. The summed E-state index contributed by atoms with van der Waals surface area (Å²) in [7, 11) is 0. The molecule has 2 N–H and O–H groups in total. The highest BCUT2D eigenvalue weighted by Crippen LogP contribution is 2.47. The van der Waals surface area contributed by atoms with E-state index in [-0.39, 0.29) is 13.0 Å². The van der Waals surface area contributed by atoms with Crippen LogP contribution in [0.3, 0.4) is 0 Å². The quantitative estimate of drug-likeness (QED) is 0.607. The maximum absolute atomic E-state index is 12.6. The van der Waals surface area contributed by atoms with Crippen LogP contribution in [0, 0.1) is 19.8 Å². The van der Waals surface area contributed by atoms with Crippen molar-refractivity contribution in [3.8, 4) is 0 Å². The number of aliphatic hydroxyl groups excluding tert-OH is 1. The number of carbonyl (C=O) groups excluding carboxylic acids is 1. The highest BCUT2D eigenvalue weighted by Gasteiger charge is 2.56. The topological polar surface area (TPSA) is 85.2 Å². The van der Waals surface area contributed by atoms with E-state index in [2.05, 4.69) is 0 Å². The first-order valence-electron chi connectivity index (χ1n) is 9.35. The molecule has 0 amide bonds. The number of aliphatic hydroxyl groups is 2. The normalized spacial score (nSPS) is 24.0.